The second-order valence-electron chi connectivity index (χ2n) is 10.9. The molecule has 0 fully saturated rings. The van der Waals surface area contributed by atoms with Crippen molar-refractivity contribution in [2.75, 3.05) is 21.2 Å². The van der Waals surface area contributed by atoms with Gasteiger partial charge in [0.1, 0.15) is 11.6 Å². The van der Waals surface area contributed by atoms with Crippen LogP contribution < -0.4 is 10.6 Å². The van der Waals surface area contributed by atoms with Crippen molar-refractivity contribution in [3.05, 3.63) is 0 Å². The largest absolute Gasteiger partial charge is 0.460 e. The monoisotopic (exact) mass is 471 g/mol. The number of ether oxygens (including phenoxy) is 2. The van der Waals surface area contributed by atoms with Crippen molar-refractivity contribution in [3.63, 3.8) is 0 Å². The van der Waals surface area contributed by atoms with Crippen molar-refractivity contribution >= 4 is 17.8 Å². The first kappa shape index (κ1) is 31.3. The Labute approximate surface area is 201 Å². The van der Waals surface area contributed by atoms with E-state index in [-0.39, 0.29) is 48.0 Å². The van der Waals surface area contributed by atoms with Gasteiger partial charge in [-0.15, -0.1) is 0 Å². The molecule has 0 heterocycles. The van der Waals surface area contributed by atoms with Gasteiger partial charge in [0.15, 0.2) is 0 Å². The van der Waals surface area contributed by atoms with E-state index in [1.54, 1.807) is 0 Å². The van der Waals surface area contributed by atoms with Crippen molar-refractivity contribution < 1.29 is 23.9 Å². The van der Waals surface area contributed by atoms with Crippen molar-refractivity contribution in [1.82, 2.24) is 15.5 Å². The Kier molecular flexibility index (Phi) is 13.2. The zero-order valence-corrected chi connectivity index (χ0v) is 22.9. The van der Waals surface area contributed by atoms with Crippen LogP contribution in [0, 0.1) is 17.8 Å². The maximum atomic E-state index is 13.3. The van der Waals surface area contributed by atoms with Crippen LogP contribution in [0.1, 0.15) is 75.2 Å². The van der Waals surface area contributed by atoms with E-state index >= 15 is 0 Å². The molecule has 194 valence electrons. The van der Waals surface area contributed by atoms with Gasteiger partial charge in [-0.05, 0) is 52.6 Å². The first-order valence-electron chi connectivity index (χ1n) is 12.1. The zero-order valence-electron chi connectivity index (χ0n) is 22.9. The molecule has 33 heavy (non-hydrogen) atoms. The molecule has 5 atom stereocenters. The standard InChI is InChI=1S/C25H49N3O5/c1-13-17(6)21(18(32-12)14-19(29)33-25(7,8)9)27-23(30)20(15(2)3)26-24(31)22(16(4)5)28(10)11/h15-18,20-22H,13-14H2,1-12H3,(H,26,31)(H,27,30)/t17?,18-,20+,21+,22+/m1/s1. The van der Waals surface area contributed by atoms with E-state index in [0.29, 0.717) is 0 Å². The van der Waals surface area contributed by atoms with E-state index in [1.807, 2.05) is 81.3 Å². The number of hydrogen-bond donors (Lipinski definition) is 2. The third-order valence-electron chi connectivity index (χ3n) is 5.76. The molecule has 0 aliphatic carbocycles. The summed E-state index contributed by atoms with van der Waals surface area (Å²) in [4.78, 5) is 40.6. The fourth-order valence-electron chi connectivity index (χ4n) is 3.92. The third kappa shape index (κ3) is 10.9. The van der Waals surface area contributed by atoms with E-state index in [1.165, 1.54) is 7.11 Å². The topological polar surface area (TPSA) is 97.0 Å². The molecule has 0 aliphatic rings. The summed E-state index contributed by atoms with van der Waals surface area (Å²) in [5.41, 5.74) is -0.600. The van der Waals surface area contributed by atoms with Gasteiger partial charge in [0.2, 0.25) is 11.8 Å². The minimum absolute atomic E-state index is 0.0256. The molecular formula is C25H49N3O5. The molecule has 8 nitrogen and oxygen atoms in total. The summed E-state index contributed by atoms with van der Waals surface area (Å²) >= 11 is 0. The van der Waals surface area contributed by atoms with Crippen molar-refractivity contribution in [3.8, 4) is 0 Å². The summed E-state index contributed by atoms with van der Waals surface area (Å²) in [7, 11) is 5.24. The van der Waals surface area contributed by atoms with Crippen molar-refractivity contribution in [2.45, 2.75) is 105 Å². The van der Waals surface area contributed by atoms with Gasteiger partial charge in [0, 0.05) is 7.11 Å². The molecular weight excluding hydrogens is 422 g/mol. The Bertz CT molecular complexity index is 620. The lowest BCUT2D eigenvalue weighted by Crippen LogP contribution is -2.59. The Balaban J connectivity index is 5.64. The Morgan fingerprint density at radius 3 is 1.82 bits per heavy atom. The fraction of sp³-hybridized carbons (Fsp3) is 0.880. The van der Waals surface area contributed by atoms with E-state index in [4.69, 9.17) is 9.47 Å². The predicted octanol–water partition coefficient (Wildman–Crippen LogP) is 2.99. The van der Waals surface area contributed by atoms with Crippen LogP contribution in [0.25, 0.3) is 0 Å². The van der Waals surface area contributed by atoms with Gasteiger partial charge in [-0.3, -0.25) is 19.3 Å². The number of methoxy groups -OCH3 is 1. The maximum Gasteiger partial charge on any atom is 0.309 e. The van der Waals surface area contributed by atoms with Gasteiger partial charge >= 0.3 is 5.97 Å². The number of esters is 1. The molecule has 2 N–H and O–H groups in total. The normalized spacial score (nSPS) is 16.8. The molecule has 0 aliphatic heterocycles. The van der Waals surface area contributed by atoms with Gasteiger partial charge in [-0.1, -0.05) is 48.0 Å². The van der Waals surface area contributed by atoms with Gasteiger partial charge in [-0.25, -0.2) is 0 Å². The lowest BCUT2D eigenvalue weighted by molar-refractivity contribution is -0.158. The molecule has 8 heteroatoms. The van der Waals surface area contributed by atoms with Crippen LogP contribution in [-0.4, -0.2) is 73.7 Å². The van der Waals surface area contributed by atoms with Gasteiger partial charge in [-0.2, -0.15) is 0 Å². The lowest BCUT2D eigenvalue weighted by Gasteiger charge is -2.34. The van der Waals surface area contributed by atoms with Crippen LogP contribution in [0.4, 0.5) is 0 Å². The highest BCUT2D eigenvalue weighted by Gasteiger charge is 2.35. The molecule has 0 rings (SSSR count). The van der Waals surface area contributed by atoms with Crippen LogP contribution in [0.2, 0.25) is 0 Å². The van der Waals surface area contributed by atoms with Crippen LogP contribution >= 0.6 is 0 Å². The molecule has 0 aromatic rings. The first-order valence-corrected chi connectivity index (χ1v) is 12.1. The molecule has 0 aromatic carbocycles. The number of rotatable bonds is 13. The van der Waals surface area contributed by atoms with Crippen LogP contribution in [-0.2, 0) is 23.9 Å². The highest BCUT2D eigenvalue weighted by molar-refractivity contribution is 5.90. The zero-order chi connectivity index (χ0) is 26.1. The third-order valence-corrected chi connectivity index (χ3v) is 5.76. The SMILES string of the molecule is CCC(C)[C@H](NC(=O)[C@@H](NC(=O)[C@H](C(C)C)N(C)C)C(C)C)[C@@H](CC(=O)OC(C)(C)C)OC. The minimum Gasteiger partial charge on any atom is -0.460 e. The fourth-order valence-corrected chi connectivity index (χ4v) is 3.92. The number of nitrogens with zero attached hydrogens (tertiary/aromatic N) is 1. The molecule has 0 spiro atoms. The quantitative estimate of drug-likeness (QED) is 0.401. The molecule has 0 radical (unpaired) electrons. The number of nitrogens with one attached hydrogen (secondary N) is 2. The highest BCUT2D eigenvalue weighted by Crippen LogP contribution is 2.19. The number of carbonyl (C=O) groups excluding carboxylic acids is 3. The number of likely N-dealkylation sites (N-methyl/N-ethyl adjacent to an activating group) is 1. The minimum atomic E-state index is -0.704. The predicted molar refractivity (Wildman–Crippen MR) is 132 cm³/mol. The summed E-state index contributed by atoms with van der Waals surface area (Å²) in [6.45, 7) is 17.2. The molecule has 1 unspecified atom stereocenters. The van der Waals surface area contributed by atoms with Gasteiger partial charge in [0.25, 0.3) is 0 Å². The summed E-state index contributed by atoms with van der Waals surface area (Å²) in [6, 6.07) is -1.46. The summed E-state index contributed by atoms with van der Waals surface area (Å²) in [6.07, 6.45) is 0.263. The highest BCUT2D eigenvalue weighted by atomic mass is 16.6. The second kappa shape index (κ2) is 13.9. The van der Waals surface area contributed by atoms with Gasteiger partial charge < -0.3 is 20.1 Å². The van der Waals surface area contributed by atoms with Crippen LogP contribution in [0.5, 0.6) is 0 Å². The number of amides is 2. The van der Waals surface area contributed by atoms with Gasteiger partial charge in [0.05, 0.1) is 24.6 Å². The number of carbonyl (C=O) groups is 3. The average molecular weight is 472 g/mol. The Hall–Kier alpha value is -1.67. The number of hydrogen-bond acceptors (Lipinski definition) is 6. The summed E-state index contributed by atoms with van der Waals surface area (Å²) in [5, 5.41) is 6.02. The van der Waals surface area contributed by atoms with E-state index in [0.717, 1.165) is 6.42 Å². The van der Waals surface area contributed by atoms with E-state index in [9.17, 15) is 14.4 Å². The Morgan fingerprint density at radius 1 is 0.909 bits per heavy atom. The molecule has 0 aromatic heterocycles. The van der Waals surface area contributed by atoms with Crippen molar-refractivity contribution in [1.29, 1.82) is 0 Å². The smallest absolute Gasteiger partial charge is 0.309 e. The molecule has 0 saturated heterocycles. The maximum absolute atomic E-state index is 13.3. The van der Waals surface area contributed by atoms with Crippen LogP contribution in [0.3, 0.4) is 0 Å². The molecule has 0 bridgehead atoms. The first-order chi connectivity index (χ1) is 15.0. The van der Waals surface area contributed by atoms with Crippen LogP contribution in [0.15, 0.2) is 0 Å². The summed E-state index contributed by atoms with van der Waals surface area (Å²) in [5.74, 6) is -0.813. The second-order valence-corrected chi connectivity index (χ2v) is 10.9. The van der Waals surface area contributed by atoms with E-state index in [2.05, 4.69) is 10.6 Å². The average Bonchev–Trinajstić information content (AvgIpc) is 2.65. The molecule has 2 amide bonds. The Morgan fingerprint density at radius 2 is 1.45 bits per heavy atom. The molecule has 0 saturated carbocycles. The lowest BCUT2D eigenvalue weighted by atomic mass is 9.91. The van der Waals surface area contributed by atoms with Crippen molar-refractivity contribution in [2.24, 2.45) is 17.8 Å². The van der Waals surface area contributed by atoms with E-state index < -0.39 is 23.8 Å². The summed E-state index contributed by atoms with van der Waals surface area (Å²) < 4.78 is 11.1.